The van der Waals surface area contributed by atoms with Crippen LogP contribution in [0, 0.1) is 6.92 Å². The van der Waals surface area contributed by atoms with Crippen molar-refractivity contribution in [2.45, 2.75) is 13.2 Å². The minimum Gasteiger partial charge on any atom is -0.478 e. The second-order valence-electron chi connectivity index (χ2n) is 2.17. The van der Waals surface area contributed by atoms with Gasteiger partial charge in [-0.25, -0.2) is 13.9 Å². The molecule has 1 atom stereocenters. The summed E-state index contributed by atoms with van der Waals surface area (Å²) in [6.07, 6.45) is 0.651. The van der Waals surface area contributed by atoms with Crippen LogP contribution >= 0.6 is 0 Å². The van der Waals surface area contributed by atoms with Crippen molar-refractivity contribution >= 4 is 5.97 Å². The molecule has 0 aliphatic heterocycles. The van der Waals surface area contributed by atoms with E-state index in [2.05, 4.69) is 5.10 Å². The van der Waals surface area contributed by atoms with E-state index in [0.717, 1.165) is 10.2 Å². The molecule has 1 unspecified atom stereocenters. The zero-order valence-electron chi connectivity index (χ0n) is 5.86. The second kappa shape index (κ2) is 2.69. The highest BCUT2D eigenvalue weighted by Crippen LogP contribution is 2.07. The average molecular weight is 158 g/mol. The summed E-state index contributed by atoms with van der Waals surface area (Å²) in [6.45, 7) is 1.71. The third-order valence-corrected chi connectivity index (χ3v) is 1.17. The molecule has 0 aliphatic carbocycles. The Morgan fingerprint density at radius 2 is 2.55 bits per heavy atom. The molecule has 0 fully saturated rings. The molecule has 0 spiro atoms. The highest BCUT2D eigenvalue weighted by Gasteiger charge is 2.17. The van der Waals surface area contributed by atoms with Crippen LogP contribution in [0.5, 0.6) is 0 Å². The number of hydrogen-bond acceptors (Lipinski definition) is 2. The molecule has 0 saturated heterocycles. The van der Waals surface area contributed by atoms with Crippen molar-refractivity contribution in [3.05, 3.63) is 18.0 Å². The predicted molar refractivity (Wildman–Crippen MR) is 34.7 cm³/mol. The molecule has 0 radical (unpaired) electrons. The van der Waals surface area contributed by atoms with Gasteiger partial charge in [0.2, 0.25) is 0 Å². The number of halogens is 1. The van der Waals surface area contributed by atoms with Gasteiger partial charge in [-0.15, -0.1) is 0 Å². The number of aryl methyl sites for hydroxylation is 1. The fourth-order valence-electron chi connectivity index (χ4n) is 0.670. The van der Waals surface area contributed by atoms with E-state index in [4.69, 9.17) is 5.11 Å². The lowest BCUT2D eigenvalue weighted by molar-refractivity contribution is -0.146. The van der Waals surface area contributed by atoms with Crippen molar-refractivity contribution in [3.8, 4) is 0 Å². The van der Waals surface area contributed by atoms with Crippen LogP contribution in [0.4, 0.5) is 4.39 Å². The van der Waals surface area contributed by atoms with Crippen molar-refractivity contribution in [1.29, 1.82) is 0 Å². The molecule has 1 aromatic heterocycles. The molecule has 0 aromatic carbocycles. The zero-order valence-corrected chi connectivity index (χ0v) is 5.86. The van der Waals surface area contributed by atoms with Gasteiger partial charge in [0, 0.05) is 6.20 Å². The smallest absolute Gasteiger partial charge is 0.361 e. The van der Waals surface area contributed by atoms with Crippen LogP contribution in [-0.4, -0.2) is 20.9 Å². The Labute approximate surface area is 62.3 Å². The molecule has 0 saturated carbocycles. The Bertz CT molecular complexity index is 271. The number of carbonyl (C=O) groups is 1. The Balaban J connectivity index is 2.84. The maximum absolute atomic E-state index is 12.6. The Kier molecular flexibility index (Phi) is 1.89. The summed E-state index contributed by atoms with van der Waals surface area (Å²) >= 11 is 0. The summed E-state index contributed by atoms with van der Waals surface area (Å²) in [6, 6.07) is 0. The molecule has 60 valence electrons. The highest BCUT2D eigenvalue weighted by molar-refractivity contribution is 5.69. The van der Waals surface area contributed by atoms with Crippen LogP contribution in [0.15, 0.2) is 12.4 Å². The Hall–Kier alpha value is -1.39. The summed E-state index contributed by atoms with van der Waals surface area (Å²) < 4.78 is 13.3. The van der Waals surface area contributed by atoms with Crippen LogP contribution in [0.25, 0.3) is 0 Å². The first-order chi connectivity index (χ1) is 5.11. The van der Waals surface area contributed by atoms with Gasteiger partial charge >= 0.3 is 5.97 Å². The van der Waals surface area contributed by atoms with Crippen molar-refractivity contribution in [1.82, 2.24) is 9.78 Å². The number of hydrogen-bond donors (Lipinski definition) is 1. The molecule has 5 heteroatoms. The van der Waals surface area contributed by atoms with Gasteiger partial charge in [0.25, 0.3) is 6.30 Å². The molecular weight excluding hydrogens is 151 g/mol. The van der Waals surface area contributed by atoms with Gasteiger partial charge in [0.1, 0.15) is 0 Å². The Morgan fingerprint density at radius 3 is 2.91 bits per heavy atom. The van der Waals surface area contributed by atoms with Gasteiger partial charge in [-0.05, 0) is 12.5 Å². The Morgan fingerprint density at radius 1 is 1.91 bits per heavy atom. The molecule has 11 heavy (non-hydrogen) atoms. The van der Waals surface area contributed by atoms with E-state index < -0.39 is 12.3 Å². The van der Waals surface area contributed by atoms with Gasteiger partial charge in [0.15, 0.2) is 0 Å². The second-order valence-corrected chi connectivity index (χ2v) is 2.17. The van der Waals surface area contributed by atoms with Gasteiger partial charge in [0.05, 0.1) is 6.20 Å². The van der Waals surface area contributed by atoms with Gasteiger partial charge < -0.3 is 5.11 Å². The van der Waals surface area contributed by atoms with Crippen molar-refractivity contribution in [2.24, 2.45) is 0 Å². The van der Waals surface area contributed by atoms with Crippen molar-refractivity contribution in [3.63, 3.8) is 0 Å². The minimum absolute atomic E-state index is 0.730. The number of aliphatic carboxylic acids is 1. The third-order valence-electron chi connectivity index (χ3n) is 1.17. The first-order valence-electron chi connectivity index (χ1n) is 2.99. The quantitative estimate of drug-likeness (QED) is 0.690. The molecule has 1 N–H and O–H groups in total. The molecule has 1 aromatic rings. The van der Waals surface area contributed by atoms with E-state index >= 15 is 0 Å². The monoisotopic (exact) mass is 158 g/mol. The standard InChI is InChI=1S/C6H7FN2O2/c1-4-2-8-9(3-4)5(7)6(10)11/h2-3,5H,1H3,(H,10,11). The van der Waals surface area contributed by atoms with Crippen LogP contribution in [0.2, 0.25) is 0 Å². The van der Waals surface area contributed by atoms with Crippen LogP contribution in [0.1, 0.15) is 11.9 Å². The fraction of sp³-hybridized carbons (Fsp3) is 0.333. The highest BCUT2D eigenvalue weighted by atomic mass is 19.1. The van der Waals surface area contributed by atoms with E-state index in [1.165, 1.54) is 12.4 Å². The van der Waals surface area contributed by atoms with E-state index in [1.54, 1.807) is 6.92 Å². The maximum atomic E-state index is 12.6. The largest absolute Gasteiger partial charge is 0.478 e. The number of carboxylic acids is 1. The summed E-state index contributed by atoms with van der Waals surface area (Å²) in [5, 5.41) is 11.7. The first-order valence-corrected chi connectivity index (χ1v) is 2.99. The zero-order chi connectivity index (χ0) is 8.43. The normalized spacial score (nSPS) is 12.9. The lowest BCUT2D eigenvalue weighted by atomic mass is 10.4. The number of alkyl halides is 1. The SMILES string of the molecule is Cc1cnn(C(F)C(=O)O)c1. The maximum Gasteiger partial charge on any atom is 0.361 e. The third kappa shape index (κ3) is 1.54. The summed E-state index contributed by atoms with van der Waals surface area (Å²) in [7, 11) is 0. The lowest BCUT2D eigenvalue weighted by Gasteiger charge is -2.00. The number of carboxylic acid groups (broad SMARTS) is 1. The minimum atomic E-state index is -2.08. The van der Waals surface area contributed by atoms with Gasteiger partial charge in [-0.2, -0.15) is 5.10 Å². The molecular formula is C6H7FN2O2. The van der Waals surface area contributed by atoms with E-state index in [-0.39, 0.29) is 0 Å². The van der Waals surface area contributed by atoms with Gasteiger partial charge in [-0.1, -0.05) is 0 Å². The van der Waals surface area contributed by atoms with Crippen LogP contribution in [-0.2, 0) is 4.79 Å². The first kappa shape index (κ1) is 7.71. The van der Waals surface area contributed by atoms with Crippen molar-refractivity contribution < 1.29 is 14.3 Å². The van der Waals surface area contributed by atoms with Gasteiger partial charge in [-0.3, -0.25) is 0 Å². The van der Waals surface area contributed by atoms with E-state index in [1.807, 2.05) is 0 Å². The molecule has 4 nitrogen and oxygen atoms in total. The number of aromatic nitrogens is 2. The number of nitrogens with zero attached hydrogens (tertiary/aromatic N) is 2. The predicted octanol–water partition coefficient (Wildman–Crippen LogP) is 0.744. The lowest BCUT2D eigenvalue weighted by Crippen LogP contribution is -2.14. The van der Waals surface area contributed by atoms with Crippen molar-refractivity contribution in [2.75, 3.05) is 0 Å². The fourth-order valence-corrected chi connectivity index (χ4v) is 0.670. The summed E-state index contributed by atoms with van der Waals surface area (Å²) in [5.74, 6) is -1.53. The average Bonchev–Trinajstić information content (AvgIpc) is 2.34. The summed E-state index contributed by atoms with van der Waals surface area (Å²) in [4.78, 5) is 10.1. The van der Waals surface area contributed by atoms with E-state index in [0.29, 0.717) is 0 Å². The molecule has 0 amide bonds. The van der Waals surface area contributed by atoms with Crippen LogP contribution in [0.3, 0.4) is 0 Å². The topological polar surface area (TPSA) is 55.1 Å². The van der Waals surface area contributed by atoms with Crippen LogP contribution < -0.4 is 0 Å². The van der Waals surface area contributed by atoms with E-state index in [9.17, 15) is 9.18 Å². The molecule has 1 heterocycles. The number of rotatable bonds is 2. The molecule has 0 aliphatic rings. The molecule has 1 rings (SSSR count). The summed E-state index contributed by atoms with van der Waals surface area (Å²) in [5.41, 5.74) is 0.730. The molecule has 0 bridgehead atoms.